The molecule has 1 aliphatic rings. The van der Waals surface area contributed by atoms with E-state index in [2.05, 4.69) is 5.32 Å². The third kappa shape index (κ3) is 1.71. The highest BCUT2D eigenvalue weighted by Gasteiger charge is 2.20. The molecule has 0 amide bonds. The highest BCUT2D eigenvalue weighted by atomic mass is 32.1. The molecule has 70 valence electrons. The summed E-state index contributed by atoms with van der Waals surface area (Å²) in [5, 5.41) is 14.0. The van der Waals surface area contributed by atoms with Crippen molar-refractivity contribution in [3.05, 3.63) is 27.1 Å². The van der Waals surface area contributed by atoms with Gasteiger partial charge in [0.2, 0.25) is 0 Å². The van der Waals surface area contributed by atoms with Crippen molar-refractivity contribution in [3.63, 3.8) is 0 Å². The monoisotopic (exact) mass is 198 g/mol. The van der Waals surface area contributed by atoms with E-state index in [1.54, 1.807) is 6.07 Å². The van der Waals surface area contributed by atoms with E-state index in [-0.39, 0.29) is 9.92 Å². The summed E-state index contributed by atoms with van der Waals surface area (Å²) in [7, 11) is 0. The number of rotatable bonds is 2. The molecule has 4 nitrogen and oxygen atoms in total. The Morgan fingerprint density at radius 1 is 1.62 bits per heavy atom. The molecule has 0 bridgehead atoms. The summed E-state index contributed by atoms with van der Waals surface area (Å²) in [6.07, 6.45) is 2.26. The minimum Gasteiger partial charge on any atom is -0.309 e. The molecule has 1 aliphatic heterocycles. The Bertz CT molecular complexity index is 318. The maximum Gasteiger partial charge on any atom is 0.324 e. The van der Waals surface area contributed by atoms with E-state index >= 15 is 0 Å². The van der Waals surface area contributed by atoms with E-state index in [4.69, 9.17) is 0 Å². The summed E-state index contributed by atoms with van der Waals surface area (Å²) in [5.41, 5.74) is 0. The number of nitro groups is 1. The van der Waals surface area contributed by atoms with Crippen LogP contribution >= 0.6 is 11.3 Å². The first-order valence-electron chi connectivity index (χ1n) is 4.25. The van der Waals surface area contributed by atoms with Crippen LogP contribution in [-0.2, 0) is 0 Å². The van der Waals surface area contributed by atoms with Gasteiger partial charge in [0.25, 0.3) is 0 Å². The maximum atomic E-state index is 10.4. The number of hydrogen-bond donors (Lipinski definition) is 1. The second-order valence-electron chi connectivity index (χ2n) is 3.08. The Hall–Kier alpha value is -0.940. The van der Waals surface area contributed by atoms with Crippen LogP contribution in [0.4, 0.5) is 5.00 Å². The first-order valence-corrected chi connectivity index (χ1v) is 5.06. The molecule has 1 fully saturated rings. The molecule has 1 aromatic heterocycles. The van der Waals surface area contributed by atoms with Gasteiger partial charge in [0.05, 0.1) is 4.92 Å². The first kappa shape index (κ1) is 8.65. The number of hydrogen-bond acceptors (Lipinski definition) is 4. The molecule has 0 saturated carbocycles. The van der Waals surface area contributed by atoms with Gasteiger partial charge >= 0.3 is 5.00 Å². The van der Waals surface area contributed by atoms with Crippen molar-refractivity contribution in [2.45, 2.75) is 18.9 Å². The average molecular weight is 198 g/mol. The molecule has 1 N–H and O–H groups in total. The lowest BCUT2D eigenvalue weighted by atomic mass is 10.2. The second-order valence-corrected chi connectivity index (χ2v) is 4.18. The highest BCUT2D eigenvalue weighted by Crippen LogP contribution is 2.32. The fourth-order valence-corrected chi connectivity index (χ4v) is 2.49. The van der Waals surface area contributed by atoms with Crippen LogP contribution in [0.3, 0.4) is 0 Å². The van der Waals surface area contributed by atoms with Gasteiger partial charge in [0.1, 0.15) is 0 Å². The van der Waals surface area contributed by atoms with Gasteiger partial charge in [-0.1, -0.05) is 11.3 Å². The summed E-state index contributed by atoms with van der Waals surface area (Å²) in [6.45, 7) is 1.02. The van der Waals surface area contributed by atoms with Crippen LogP contribution in [0.2, 0.25) is 0 Å². The SMILES string of the molecule is O=[N+]([O-])c1ccc([C@H]2CCCN2)s1. The summed E-state index contributed by atoms with van der Waals surface area (Å²) >= 11 is 1.28. The lowest BCUT2D eigenvalue weighted by Crippen LogP contribution is -2.11. The zero-order valence-electron chi connectivity index (χ0n) is 7.03. The fraction of sp³-hybridized carbons (Fsp3) is 0.500. The van der Waals surface area contributed by atoms with Crippen LogP contribution in [0, 0.1) is 10.1 Å². The van der Waals surface area contributed by atoms with Crippen molar-refractivity contribution in [2.24, 2.45) is 0 Å². The van der Waals surface area contributed by atoms with Crippen molar-refractivity contribution in [3.8, 4) is 0 Å². The molecular weight excluding hydrogens is 188 g/mol. The normalized spacial score (nSPS) is 22.0. The summed E-state index contributed by atoms with van der Waals surface area (Å²) < 4.78 is 0. The Labute approximate surface area is 79.7 Å². The van der Waals surface area contributed by atoms with Gasteiger partial charge in [-0.05, 0) is 25.5 Å². The van der Waals surface area contributed by atoms with Crippen molar-refractivity contribution in [2.75, 3.05) is 6.54 Å². The third-order valence-electron chi connectivity index (χ3n) is 2.20. The van der Waals surface area contributed by atoms with Crippen molar-refractivity contribution in [1.82, 2.24) is 5.32 Å². The molecule has 1 atom stereocenters. The molecule has 0 unspecified atom stereocenters. The van der Waals surface area contributed by atoms with Crippen molar-refractivity contribution >= 4 is 16.3 Å². The van der Waals surface area contributed by atoms with Gasteiger partial charge in [-0.25, -0.2) is 0 Å². The van der Waals surface area contributed by atoms with E-state index in [0.717, 1.165) is 24.3 Å². The molecule has 0 radical (unpaired) electrons. The largest absolute Gasteiger partial charge is 0.324 e. The molecule has 2 rings (SSSR count). The van der Waals surface area contributed by atoms with Gasteiger partial charge in [-0.15, -0.1) is 0 Å². The van der Waals surface area contributed by atoms with Crippen LogP contribution in [-0.4, -0.2) is 11.5 Å². The smallest absolute Gasteiger partial charge is 0.309 e. The van der Waals surface area contributed by atoms with Crippen molar-refractivity contribution in [1.29, 1.82) is 0 Å². The molecule has 0 spiro atoms. The Morgan fingerprint density at radius 2 is 2.46 bits per heavy atom. The van der Waals surface area contributed by atoms with E-state index in [9.17, 15) is 10.1 Å². The topological polar surface area (TPSA) is 55.2 Å². The van der Waals surface area contributed by atoms with E-state index in [0.29, 0.717) is 6.04 Å². The molecule has 13 heavy (non-hydrogen) atoms. The first-order chi connectivity index (χ1) is 6.27. The Balaban J connectivity index is 2.16. The molecule has 0 aromatic carbocycles. The van der Waals surface area contributed by atoms with Crippen LogP contribution in [0.1, 0.15) is 23.8 Å². The molecule has 0 aliphatic carbocycles. The van der Waals surface area contributed by atoms with Gasteiger partial charge in [0.15, 0.2) is 0 Å². The van der Waals surface area contributed by atoms with Crippen LogP contribution < -0.4 is 5.32 Å². The van der Waals surface area contributed by atoms with Crippen LogP contribution in [0.15, 0.2) is 12.1 Å². The maximum absolute atomic E-state index is 10.4. The van der Waals surface area contributed by atoms with Gasteiger partial charge in [0, 0.05) is 17.0 Å². The molecule has 2 heterocycles. The summed E-state index contributed by atoms with van der Waals surface area (Å²) in [4.78, 5) is 11.2. The van der Waals surface area contributed by atoms with Crippen LogP contribution in [0.25, 0.3) is 0 Å². The standard InChI is InChI=1S/C8H10N2O2S/c11-10(12)8-4-3-7(13-8)6-2-1-5-9-6/h3-4,6,9H,1-2,5H2/t6-/m1/s1. The minimum absolute atomic E-state index is 0.240. The third-order valence-corrected chi connectivity index (χ3v) is 3.35. The highest BCUT2D eigenvalue weighted by molar-refractivity contribution is 7.15. The molecule has 1 aromatic rings. The second kappa shape index (κ2) is 3.43. The van der Waals surface area contributed by atoms with E-state index in [1.165, 1.54) is 11.3 Å². The number of nitrogens with one attached hydrogen (secondary N) is 1. The minimum atomic E-state index is -0.330. The lowest BCUT2D eigenvalue weighted by molar-refractivity contribution is -0.380. The molecule has 1 saturated heterocycles. The van der Waals surface area contributed by atoms with Crippen LogP contribution in [0.5, 0.6) is 0 Å². The predicted octanol–water partition coefficient (Wildman–Crippen LogP) is 2.08. The summed E-state index contributed by atoms with van der Waals surface area (Å²) in [6, 6.07) is 3.78. The Morgan fingerprint density at radius 3 is 3.00 bits per heavy atom. The predicted molar refractivity (Wildman–Crippen MR) is 51.0 cm³/mol. The fourth-order valence-electron chi connectivity index (χ4n) is 1.56. The summed E-state index contributed by atoms with van der Waals surface area (Å²) in [5.74, 6) is 0. The zero-order chi connectivity index (χ0) is 9.26. The quantitative estimate of drug-likeness (QED) is 0.584. The molecular formula is C8H10N2O2S. The number of nitrogens with zero attached hydrogens (tertiary/aromatic N) is 1. The molecule has 5 heteroatoms. The van der Waals surface area contributed by atoms with Gasteiger partial charge in [-0.2, -0.15) is 0 Å². The van der Waals surface area contributed by atoms with Crippen molar-refractivity contribution < 1.29 is 4.92 Å². The van der Waals surface area contributed by atoms with E-state index < -0.39 is 0 Å². The number of thiophene rings is 1. The zero-order valence-corrected chi connectivity index (χ0v) is 7.84. The Kier molecular flexibility index (Phi) is 2.28. The van der Waals surface area contributed by atoms with Gasteiger partial charge < -0.3 is 5.32 Å². The van der Waals surface area contributed by atoms with Gasteiger partial charge in [-0.3, -0.25) is 10.1 Å². The lowest BCUT2D eigenvalue weighted by Gasteiger charge is -2.04. The van der Waals surface area contributed by atoms with E-state index in [1.807, 2.05) is 6.07 Å². The average Bonchev–Trinajstić information content (AvgIpc) is 2.75.